The van der Waals surface area contributed by atoms with Crippen LogP contribution in [0.2, 0.25) is 5.02 Å². The van der Waals surface area contributed by atoms with Gasteiger partial charge in [0, 0.05) is 16.7 Å². The third-order valence-electron chi connectivity index (χ3n) is 3.03. The average Bonchev–Trinajstić information content (AvgIpc) is 2.40. The molecule has 0 aliphatic heterocycles. The SMILES string of the molecule is O=S(=O)(Cc1ccc(Cl)cc1)CC(O)c1ccc(F)cc1F. The number of hydrogen-bond donors (Lipinski definition) is 1. The van der Waals surface area contributed by atoms with Crippen LogP contribution in [-0.4, -0.2) is 19.3 Å². The van der Waals surface area contributed by atoms with Gasteiger partial charge in [0.2, 0.25) is 0 Å². The highest BCUT2D eigenvalue weighted by Gasteiger charge is 2.22. The van der Waals surface area contributed by atoms with Gasteiger partial charge < -0.3 is 5.11 Å². The van der Waals surface area contributed by atoms with E-state index >= 15 is 0 Å². The van der Waals surface area contributed by atoms with Crippen molar-refractivity contribution in [2.24, 2.45) is 0 Å². The van der Waals surface area contributed by atoms with E-state index in [4.69, 9.17) is 11.6 Å². The van der Waals surface area contributed by atoms with Gasteiger partial charge in [0.25, 0.3) is 0 Å². The molecule has 118 valence electrons. The lowest BCUT2D eigenvalue weighted by Gasteiger charge is -2.12. The van der Waals surface area contributed by atoms with Crippen LogP contribution in [0, 0.1) is 11.6 Å². The predicted molar refractivity (Wildman–Crippen MR) is 80.3 cm³/mol. The monoisotopic (exact) mass is 346 g/mol. The predicted octanol–water partition coefficient (Wildman–Crippen LogP) is 3.27. The first kappa shape index (κ1) is 16.9. The van der Waals surface area contributed by atoms with Gasteiger partial charge in [-0.2, -0.15) is 0 Å². The van der Waals surface area contributed by atoms with Crippen LogP contribution in [0.1, 0.15) is 17.2 Å². The van der Waals surface area contributed by atoms with Crippen molar-refractivity contribution in [3.63, 3.8) is 0 Å². The quantitative estimate of drug-likeness (QED) is 0.904. The molecule has 1 N–H and O–H groups in total. The molecule has 2 rings (SSSR count). The highest BCUT2D eigenvalue weighted by atomic mass is 35.5. The molecule has 0 aliphatic carbocycles. The zero-order valence-electron chi connectivity index (χ0n) is 11.3. The topological polar surface area (TPSA) is 54.4 Å². The minimum atomic E-state index is -3.68. The Morgan fingerprint density at radius 1 is 1.09 bits per heavy atom. The number of sulfone groups is 1. The van der Waals surface area contributed by atoms with Crippen LogP contribution in [-0.2, 0) is 15.6 Å². The van der Waals surface area contributed by atoms with E-state index in [1.54, 1.807) is 24.3 Å². The smallest absolute Gasteiger partial charge is 0.157 e. The van der Waals surface area contributed by atoms with Crippen molar-refractivity contribution in [1.29, 1.82) is 0 Å². The molecular formula is C15H13ClF2O3S. The van der Waals surface area contributed by atoms with Gasteiger partial charge in [-0.1, -0.05) is 29.8 Å². The van der Waals surface area contributed by atoms with Gasteiger partial charge in [0.1, 0.15) is 11.6 Å². The maximum absolute atomic E-state index is 13.5. The van der Waals surface area contributed by atoms with E-state index in [9.17, 15) is 22.3 Å². The van der Waals surface area contributed by atoms with E-state index in [0.29, 0.717) is 16.7 Å². The molecule has 0 aliphatic rings. The number of hydrogen-bond acceptors (Lipinski definition) is 3. The Hall–Kier alpha value is -1.50. The molecule has 0 radical (unpaired) electrons. The fraction of sp³-hybridized carbons (Fsp3) is 0.200. The zero-order valence-corrected chi connectivity index (χ0v) is 12.9. The minimum Gasteiger partial charge on any atom is -0.387 e. The van der Waals surface area contributed by atoms with Gasteiger partial charge in [0.05, 0.1) is 17.6 Å². The Balaban J connectivity index is 2.12. The summed E-state index contributed by atoms with van der Waals surface area (Å²) in [5, 5.41) is 10.4. The van der Waals surface area contributed by atoms with Gasteiger partial charge in [-0.05, 0) is 23.8 Å². The third-order valence-corrected chi connectivity index (χ3v) is 4.88. The van der Waals surface area contributed by atoms with Gasteiger partial charge in [-0.3, -0.25) is 0 Å². The molecular weight excluding hydrogens is 334 g/mol. The molecule has 0 amide bonds. The highest BCUT2D eigenvalue weighted by Crippen LogP contribution is 2.21. The normalized spacial score (nSPS) is 13.1. The summed E-state index contributed by atoms with van der Waals surface area (Å²) in [4.78, 5) is 0. The van der Waals surface area contributed by atoms with Crippen LogP contribution >= 0.6 is 11.6 Å². The Labute approximate surface area is 132 Å². The summed E-state index contributed by atoms with van der Waals surface area (Å²) in [6, 6.07) is 8.84. The van der Waals surface area contributed by atoms with Crippen LogP contribution in [0.4, 0.5) is 8.78 Å². The van der Waals surface area contributed by atoms with Crippen molar-refractivity contribution in [3.05, 3.63) is 70.2 Å². The summed E-state index contributed by atoms with van der Waals surface area (Å²) in [6.45, 7) is 0. The zero-order chi connectivity index (χ0) is 16.3. The second-order valence-corrected chi connectivity index (χ2v) is 7.41. The van der Waals surface area contributed by atoms with E-state index in [-0.39, 0.29) is 11.3 Å². The summed E-state index contributed by atoms with van der Waals surface area (Å²) in [7, 11) is -3.68. The number of benzene rings is 2. The van der Waals surface area contributed by atoms with Crippen LogP contribution < -0.4 is 0 Å². The molecule has 7 heteroatoms. The summed E-state index contributed by atoms with van der Waals surface area (Å²) >= 11 is 5.72. The van der Waals surface area contributed by atoms with Gasteiger partial charge >= 0.3 is 0 Å². The molecule has 2 aromatic carbocycles. The van der Waals surface area contributed by atoms with E-state index in [2.05, 4.69) is 0 Å². The fourth-order valence-corrected chi connectivity index (χ4v) is 3.60. The molecule has 0 bridgehead atoms. The Bertz CT molecular complexity index is 761. The third kappa shape index (κ3) is 4.50. The summed E-state index contributed by atoms with van der Waals surface area (Å²) in [5.74, 6) is -2.73. The summed E-state index contributed by atoms with van der Waals surface area (Å²) < 4.78 is 50.5. The van der Waals surface area contributed by atoms with Crippen LogP contribution in [0.5, 0.6) is 0 Å². The number of aliphatic hydroxyl groups excluding tert-OH is 1. The first-order valence-corrected chi connectivity index (χ1v) is 8.55. The van der Waals surface area contributed by atoms with E-state index in [1.165, 1.54) is 0 Å². The average molecular weight is 347 g/mol. The lowest BCUT2D eigenvalue weighted by molar-refractivity contribution is 0.196. The first-order valence-electron chi connectivity index (χ1n) is 6.35. The van der Waals surface area contributed by atoms with Crippen molar-refractivity contribution in [1.82, 2.24) is 0 Å². The molecule has 1 atom stereocenters. The lowest BCUT2D eigenvalue weighted by atomic mass is 10.1. The fourth-order valence-electron chi connectivity index (χ4n) is 2.00. The van der Waals surface area contributed by atoms with Crippen molar-refractivity contribution < 1.29 is 22.3 Å². The van der Waals surface area contributed by atoms with Crippen LogP contribution in [0.3, 0.4) is 0 Å². The van der Waals surface area contributed by atoms with Crippen molar-refractivity contribution >= 4 is 21.4 Å². The number of halogens is 3. The number of aliphatic hydroxyl groups is 1. The van der Waals surface area contributed by atoms with Crippen LogP contribution in [0.25, 0.3) is 0 Å². The van der Waals surface area contributed by atoms with Gasteiger partial charge in [-0.15, -0.1) is 0 Å². The van der Waals surface area contributed by atoms with Gasteiger partial charge in [-0.25, -0.2) is 17.2 Å². The second kappa shape index (κ2) is 6.73. The lowest BCUT2D eigenvalue weighted by Crippen LogP contribution is -2.17. The van der Waals surface area contributed by atoms with Crippen molar-refractivity contribution in [3.8, 4) is 0 Å². The maximum atomic E-state index is 13.5. The molecule has 1 unspecified atom stereocenters. The molecule has 22 heavy (non-hydrogen) atoms. The standard InChI is InChI=1S/C15H13ClF2O3S/c16-11-3-1-10(2-4-11)8-22(20,21)9-15(19)13-6-5-12(17)7-14(13)18/h1-7,15,19H,8-9H2. The molecule has 0 fully saturated rings. The summed E-state index contributed by atoms with van der Waals surface area (Å²) in [5.41, 5.74) is 0.261. The molecule has 0 aromatic heterocycles. The van der Waals surface area contributed by atoms with Crippen molar-refractivity contribution in [2.75, 3.05) is 5.75 Å². The first-order chi connectivity index (χ1) is 10.3. The highest BCUT2D eigenvalue weighted by molar-refractivity contribution is 7.90. The summed E-state index contributed by atoms with van der Waals surface area (Å²) in [6.07, 6.45) is -1.56. The molecule has 0 saturated heterocycles. The Morgan fingerprint density at radius 3 is 2.32 bits per heavy atom. The molecule has 3 nitrogen and oxygen atoms in total. The molecule has 2 aromatic rings. The Kier molecular flexibility index (Phi) is 5.16. The Morgan fingerprint density at radius 2 is 1.73 bits per heavy atom. The molecule has 0 spiro atoms. The van der Waals surface area contributed by atoms with Crippen molar-refractivity contribution in [2.45, 2.75) is 11.9 Å². The largest absolute Gasteiger partial charge is 0.387 e. The maximum Gasteiger partial charge on any atom is 0.157 e. The second-order valence-electron chi connectivity index (χ2n) is 4.86. The molecule has 0 saturated carbocycles. The van der Waals surface area contributed by atoms with Gasteiger partial charge in [0.15, 0.2) is 9.84 Å². The minimum absolute atomic E-state index is 0.249. The van der Waals surface area contributed by atoms with E-state index in [0.717, 1.165) is 12.1 Å². The van der Waals surface area contributed by atoms with Crippen LogP contribution in [0.15, 0.2) is 42.5 Å². The number of rotatable bonds is 5. The van der Waals surface area contributed by atoms with E-state index < -0.39 is 33.3 Å². The molecule has 0 heterocycles. The van der Waals surface area contributed by atoms with E-state index in [1.807, 2.05) is 0 Å².